The normalized spacial score (nSPS) is 14.9. The van der Waals surface area contributed by atoms with Gasteiger partial charge in [-0.3, -0.25) is 9.52 Å². The van der Waals surface area contributed by atoms with Crippen LogP contribution in [0.3, 0.4) is 0 Å². The lowest BCUT2D eigenvalue weighted by Gasteiger charge is -2.13. The van der Waals surface area contributed by atoms with Crippen molar-refractivity contribution in [2.45, 2.75) is 37.5 Å². The number of likely N-dealkylation sites (tertiary alicyclic amines) is 1. The van der Waals surface area contributed by atoms with Gasteiger partial charge < -0.3 is 9.88 Å². The Morgan fingerprint density at radius 3 is 2.40 bits per heavy atom. The van der Waals surface area contributed by atoms with Crippen molar-refractivity contribution >= 4 is 21.6 Å². The number of aromatic nitrogens is 1. The van der Waals surface area contributed by atoms with Crippen LogP contribution in [0.15, 0.2) is 41.4 Å². The van der Waals surface area contributed by atoms with E-state index in [1.165, 1.54) is 12.3 Å². The van der Waals surface area contributed by atoms with E-state index in [0.717, 1.165) is 31.5 Å². The Balaban J connectivity index is 1.75. The highest BCUT2D eigenvalue weighted by molar-refractivity contribution is 7.92. The molecule has 1 aliphatic heterocycles. The van der Waals surface area contributed by atoms with Gasteiger partial charge in [0.1, 0.15) is 10.6 Å². The number of amides is 1. The monoisotopic (exact) mass is 361 g/mol. The number of H-pyrrole nitrogens is 1. The molecule has 2 N–H and O–H groups in total. The third-order valence-corrected chi connectivity index (χ3v) is 5.78. The largest absolute Gasteiger partial charge is 0.356 e. The Kier molecular flexibility index (Phi) is 4.85. The molecule has 0 spiro atoms. The molecule has 25 heavy (non-hydrogen) atoms. The Bertz CT molecular complexity index is 848. The Morgan fingerprint density at radius 2 is 1.80 bits per heavy atom. The van der Waals surface area contributed by atoms with Crippen molar-refractivity contribution in [2.75, 3.05) is 17.8 Å². The third kappa shape index (κ3) is 3.87. The summed E-state index contributed by atoms with van der Waals surface area (Å²) in [6.07, 6.45) is 3.34. The van der Waals surface area contributed by atoms with E-state index in [0.29, 0.717) is 17.3 Å². The lowest BCUT2D eigenvalue weighted by atomic mass is 10.0. The van der Waals surface area contributed by atoms with Gasteiger partial charge in [0.05, 0.1) is 0 Å². The molecule has 1 saturated heterocycles. The zero-order chi connectivity index (χ0) is 18.0. The van der Waals surface area contributed by atoms with Crippen molar-refractivity contribution in [1.29, 1.82) is 0 Å². The summed E-state index contributed by atoms with van der Waals surface area (Å²) in [5.41, 5.74) is 1.94. The number of hydrogen-bond donors (Lipinski definition) is 2. The SMILES string of the molecule is CC(C)c1ccc(NS(=O)(=O)c2c[nH]c(C(=O)N3CCCC3)c2)cc1. The van der Waals surface area contributed by atoms with E-state index < -0.39 is 10.0 Å². The van der Waals surface area contributed by atoms with Crippen molar-refractivity contribution in [3.05, 3.63) is 47.8 Å². The number of rotatable bonds is 5. The van der Waals surface area contributed by atoms with Crippen LogP contribution in [0, 0.1) is 0 Å². The maximum absolute atomic E-state index is 12.5. The summed E-state index contributed by atoms with van der Waals surface area (Å²) in [7, 11) is -3.73. The highest BCUT2D eigenvalue weighted by Gasteiger charge is 2.23. The second kappa shape index (κ2) is 6.92. The van der Waals surface area contributed by atoms with Crippen LogP contribution >= 0.6 is 0 Å². The van der Waals surface area contributed by atoms with E-state index in [2.05, 4.69) is 23.6 Å². The van der Waals surface area contributed by atoms with Crippen molar-refractivity contribution < 1.29 is 13.2 Å². The zero-order valence-corrected chi connectivity index (χ0v) is 15.3. The molecule has 6 nitrogen and oxygen atoms in total. The molecule has 0 saturated carbocycles. The lowest BCUT2D eigenvalue weighted by Crippen LogP contribution is -2.27. The second-order valence-corrected chi connectivity index (χ2v) is 8.31. The molecule has 1 aliphatic rings. The molecule has 7 heteroatoms. The fourth-order valence-corrected chi connectivity index (χ4v) is 3.95. The number of nitrogens with one attached hydrogen (secondary N) is 2. The maximum atomic E-state index is 12.5. The van der Waals surface area contributed by atoms with Crippen LogP contribution in [0.4, 0.5) is 5.69 Å². The van der Waals surface area contributed by atoms with Crippen molar-refractivity contribution in [1.82, 2.24) is 9.88 Å². The Morgan fingerprint density at radius 1 is 1.16 bits per heavy atom. The van der Waals surface area contributed by atoms with Gasteiger partial charge in [-0.25, -0.2) is 8.42 Å². The van der Waals surface area contributed by atoms with Gasteiger partial charge in [-0.15, -0.1) is 0 Å². The van der Waals surface area contributed by atoms with Gasteiger partial charge in [0.15, 0.2) is 0 Å². The molecule has 0 unspecified atom stereocenters. The predicted molar refractivity (Wildman–Crippen MR) is 97.3 cm³/mol. The average Bonchev–Trinajstić information content (AvgIpc) is 3.26. The smallest absolute Gasteiger partial charge is 0.270 e. The standard InChI is InChI=1S/C18H23N3O3S/c1-13(2)14-5-7-15(8-6-14)20-25(23,24)16-11-17(19-12-16)18(22)21-9-3-4-10-21/h5-8,11-13,19-20H,3-4,9-10H2,1-2H3. The van der Waals surface area contributed by atoms with E-state index in [4.69, 9.17) is 0 Å². The van der Waals surface area contributed by atoms with Gasteiger partial charge in [0.2, 0.25) is 0 Å². The molecule has 0 bridgehead atoms. The number of sulfonamides is 1. The fourth-order valence-electron chi connectivity index (χ4n) is 2.89. The Hall–Kier alpha value is -2.28. The quantitative estimate of drug-likeness (QED) is 0.858. The van der Waals surface area contributed by atoms with Gasteiger partial charge in [0.25, 0.3) is 15.9 Å². The van der Waals surface area contributed by atoms with Crippen LogP contribution in [-0.2, 0) is 10.0 Å². The minimum absolute atomic E-state index is 0.0583. The summed E-state index contributed by atoms with van der Waals surface area (Å²) in [5.74, 6) is 0.231. The number of benzene rings is 1. The molecule has 134 valence electrons. The maximum Gasteiger partial charge on any atom is 0.270 e. The first-order valence-corrected chi connectivity index (χ1v) is 9.95. The van der Waals surface area contributed by atoms with E-state index in [9.17, 15) is 13.2 Å². The summed E-state index contributed by atoms with van der Waals surface area (Å²) < 4.78 is 27.6. The van der Waals surface area contributed by atoms with E-state index >= 15 is 0 Å². The zero-order valence-electron chi connectivity index (χ0n) is 14.5. The van der Waals surface area contributed by atoms with Gasteiger partial charge in [-0.2, -0.15) is 0 Å². The lowest BCUT2D eigenvalue weighted by molar-refractivity contribution is 0.0787. The van der Waals surface area contributed by atoms with Gasteiger partial charge in [-0.1, -0.05) is 26.0 Å². The van der Waals surface area contributed by atoms with Crippen LogP contribution in [-0.4, -0.2) is 37.3 Å². The number of hydrogen-bond acceptors (Lipinski definition) is 3. The summed E-state index contributed by atoms with van der Waals surface area (Å²) in [5, 5.41) is 0. The molecule has 1 aromatic heterocycles. The van der Waals surface area contributed by atoms with Gasteiger partial charge >= 0.3 is 0 Å². The Labute approximate surface area is 148 Å². The highest BCUT2D eigenvalue weighted by Crippen LogP contribution is 2.21. The van der Waals surface area contributed by atoms with Crippen LogP contribution in [0.2, 0.25) is 0 Å². The number of carbonyl (C=O) groups is 1. The number of nitrogens with zero attached hydrogens (tertiary/aromatic N) is 1. The van der Waals surface area contributed by atoms with Crippen molar-refractivity contribution in [2.24, 2.45) is 0 Å². The minimum Gasteiger partial charge on any atom is -0.356 e. The first-order valence-electron chi connectivity index (χ1n) is 8.47. The molecule has 2 heterocycles. The van der Waals surface area contributed by atoms with Crippen molar-refractivity contribution in [3.63, 3.8) is 0 Å². The predicted octanol–water partition coefficient (Wildman–Crippen LogP) is 3.17. The molecular weight excluding hydrogens is 338 g/mol. The van der Waals surface area contributed by atoms with Crippen LogP contribution < -0.4 is 4.72 Å². The van der Waals surface area contributed by atoms with Crippen molar-refractivity contribution in [3.8, 4) is 0 Å². The first kappa shape index (κ1) is 17.5. The van der Waals surface area contributed by atoms with E-state index in [1.54, 1.807) is 17.0 Å². The third-order valence-electron chi connectivity index (χ3n) is 4.42. The molecule has 1 aromatic carbocycles. The highest BCUT2D eigenvalue weighted by atomic mass is 32.2. The summed E-state index contributed by atoms with van der Waals surface area (Å²) in [6, 6.07) is 8.70. The molecule has 1 amide bonds. The molecule has 1 fully saturated rings. The van der Waals surface area contributed by atoms with E-state index in [-0.39, 0.29) is 10.8 Å². The number of anilines is 1. The summed E-state index contributed by atoms with van der Waals surface area (Å²) in [6.45, 7) is 5.61. The van der Waals surface area contributed by atoms with E-state index in [1.807, 2.05) is 12.1 Å². The van der Waals surface area contributed by atoms with Crippen LogP contribution in [0.1, 0.15) is 48.7 Å². The summed E-state index contributed by atoms with van der Waals surface area (Å²) in [4.78, 5) is 16.9. The van der Waals surface area contributed by atoms with Gasteiger partial charge in [0, 0.05) is 25.0 Å². The minimum atomic E-state index is -3.73. The molecule has 3 rings (SSSR count). The number of carbonyl (C=O) groups excluding carboxylic acids is 1. The van der Waals surface area contributed by atoms with Crippen LogP contribution in [0.25, 0.3) is 0 Å². The molecule has 0 atom stereocenters. The molecule has 0 aliphatic carbocycles. The topological polar surface area (TPSA) is 82.3 Å². The fraction of sp³-hybridized carbons (Fsp3) is 0.389. The average molecular weight is 361 g/mol. The van der Waals surface area contributed by atoms with Crippen LogP contribution in [0.5, 0.6) is 0 Å². The summed E-state index contributed by atoms with van der Waals surface area (Å²) >= 11 is 0. The molecule has 2 aromatic rings. The first-order chi connectivity index (χ1) is 11.9. The molecular formula is C18H23N3O3S. The number of aromatic amines is 1. The molecule has 0 radical (unpaired) electrons. The second-order valence-electron chi connectivity index (χ2n) is 6.63. The van der Waals surface area contributed by atoms with Gasteiger partial charge in [-0.05, 0) is 42.5 Å².